The van der Waals surface area contributed by atoms with Crippen LogP contribution in [0.25, 0.3) is 0 Å². The second-order valence-electron chi connectivity index (χ2n) is 2.56. The van der Waals surface area contributed by atoms with Gasteiger partial charge in [0, 0.05) is 6.04 Å². The van der Waals surface area contributed by atoms with Crippen molar-refractivity contribution in [2.75, 3.05) is 0 Å². The zero-order valence-electron chi connectivity index (χ0n) is 5.42. The molecule has 2 N–H and O–H groups in total. The van der Waals surface area contributed by atoms with E-state index < -0.39 is 6.10 Å². The molecule has 52 valence electrons. The van der Waals surface area contributed by atoms with Gasteiger partial charge >= 0.3 is 0 Å². The van der Waals surface area contributed by atoms with Gasteiger partial charge in [0.1, 0.15) is 0 Å². The van der Waals surface area contributed by atoms with Gasteiger partial charge in [-0.15, -0.1) is 0 Å². The summed E-state index contributed by atoms with van der Waals surface area (Å²) in [6, 6.07) is 0.140. The molecule has 0 aromatic rings. The van der Waals surface area contributed by atoms with Crippen molar-refractivity contribution in [2.24, 2.45) is 0 Å². The van der Waals surface area contributed by atoms with E-state index in [0.29, 0.717) is 6.42 Å². The van der Waals surface area contributed by atoms with Gasteiger partial charge in [-0.1, -0.05) is 0 Å². The Kier molecular flexibility index (Phi) is 1.71. The summed E-state index contributed by atoms with van der Waals surface area (Å²) in [5.41, 5.74) is 0. The van der Waals surface area contributed by atoms with E-state index in [4.69, 9.17) is 5.11 Å². The van der Waals surface area contributed by atoms with Crippen LogP contribution < -0.4 is 5.32 Å². The third kappa shape index (κ3) is 1.68. The second-order valence-corrected chi connectivity index (χ2v) is 2.56. The fourth-order valence-electron chi connectivity index (χ4n) is 1.10. The average Bonchev–Trinajstić information content (AvgIpc) is 1.59. The molecule has 0 aromatic carbocycles. The first-order chi connectivity index (χ1) is 4.18. The summed E-state index contributed by atoms with van der Waals surface area (Å²) in [4.78, 5) is 10.6. The minimum Gasteiger partial charge on any atom is -0.393 e. The zero-order valence-corrected chi connectivity index (χ0v) is 5.42. The lowest BCUT2D eigenvalue weighted by Crippen LogP contribution is -2.42. The normalized spacial score (nSPS) is 36.0. The molecule has 0 bridgehead atoms. The summed E-state index contributed by atoms with van der Waals surface area (Å²) in [6.45, 7) is 1.89. The van der Waals surface area contributed by atoms with Crippen molar-refractivity contribution < 1.29 is 9.90 Å². The topological polar surface area (TPSA) is 49.3 Å². The van der Waals surface area contributed by atoms with Gasteiger partial charge in [-0.3, -0.25) is 4.79 Å². The van der Waals surface area contributed by atoms with E-state index in [-0.39, 0.29) is 18.4 Å². The molecule has 0 aliphatic carbocycles. The van der Waals surface area contributed by atoms with Crippen LogP contribution >= 0.6 is 0 Å². The Balaban J connectivity index is 2.43. The fraction of sp³-hybridized carbons (Fsp3) is 0.833. The van der Waals surface area contributed by atoms with Crippen molar-refractivity contribution in [3.8, 4) is 0 Å². The van der Waals surface area contributed by atoms with Gasteiger partial charge in [0.05, 0.1) is 12.5 Å². The lowest BCUT2D eigenvalue weighted by atomic mass is 10.0. The molecule has 0 aromatic heterocycles. The summed E-state index contributed by atoms with van der Waals surface area (Å²) in [6.07, 6.45) is 0.532. The van der Waals surface area contributed by atoms with E-state index >= 15 is 0 Å². The minimum atomic E-state index is -0.422. The highest BCUT2D eigenvalue weighted by molar-refractivity contribution is 5.77. The number of aliphatic hydroxyl groups excluding tert-OH is 1. The monoisotopic (exact) mass is 129 g/mol. The first kappa shape index (κ1) is 6.55. The molecule has 0 saturated carbocycles. The van der Waals surface area contributed by atoms with Gasteiger partial charge in [-0.05, 0) is 13.3 Å². The number of amides is 1. The molecule has 3 nitrogen and oxygen atoms in total. The van der Waals surface area contributed by atoms with Gasteiger partial charge < -0.3 is 10.4 Å². The Bertz CT molecular complexity index is 112. The number of nitrogens with one attached hydrogen (secondary N) is 1. The molecular weight excluding hydrogens is 118 g/mol. The van der Waals surface area contributed by atoms with E-state index in [9.17, 15) is 4.79 Å². The molecule has 1 rings (SSSR count). The zero-order chi connectivity index (χ0) is 6.85. The van der Waals surface area contributed by atoms with Crippen LogP contribution in [0.5, 0.6) is 0 Å². The number of hydrogen-bond donors (Lipinski definition) is 2. The molecule has 1 aliphatic heterocycles. The molecular formula is C6H11NO2. The van der Waals surface area contributed by atoms with Gasteiger partial charge in [-0.25, -0.2) is 0 Å². The molecule has 1 aliphatic rings. The van der Waals surface area contributed by atoms with Crippen LogP contribution in [0.3, 0.4) is 0 Å². The number of aliphatic hydroxyl groups is 1. The highest BCUT2D eigenvalue weighted by Gasteiger charge is 2.20. The number of piperidine rings is 1. The standard InChI is InChI=1S/C6H11NO2/c1-4-2-5(8)3-6(9)7-4/h4-5,8H,2-3H2,1H3,(H,7,9)/t4-,5-/m0/s1. The van der Waals surface area contributed by atoms with E-state index in [1.165, 1.54) is 0 Å². The molecule has 1 saturated heterocycles. The van der Waals surface area contributed by atoms with Crippen LogP contribution in [-0.4, -0.2) is 23.2 Å². The molecule has 1 fully saturated rings. The largest absolute Gasteiger partial charge is 0.393 e. The van der Waals surface area contributed by atoms with Crippen molar-refractivity contribution in [3.63, 3.8) is 0 Å². The maximum absolute atomic E-state index is 10.6. The quantitative estimate of drug-likeness (QED) is 0.469. The molecule has 0 radical (unpaired) electrons. The van der Waals surface area contributed by atoms with Gasteiger partial charge in [0.15, 0.2) is 0 Å². The molecule has 0 spiro atoms. The molecule has 0 unspecified atom stereocenters. The van der Waals surface area contributed by atoms with Crippen LogP contribution in [0, 0.1) is 0 Å². The number of rotatable bonds is 0. The highest BCUT2D eigenvalue weighted by atomic mass is 16.3. The molecule has 9 heavy (non-hydrogen) atoms. The number of carbonyl (C=O) groups excluding carboxylic acids is 1. The van der Waals surface area contributed by atoms with E-state index in [1.54, 1.807) is 0 Å². The summed E-state index contributed by atoms with van der Waals surface area (Å²) < 4.78 is 0. The first-order valence-electron chi connectivity index (χ1n) is 3.16. The maximum atomic E-state index is 10.6. The first-order valence-corrected chi connectivity index (χ1v) is 3.16. The minimum absolute atomic E-state index is 0.0405. The Morgan fingerprint density at radius 2 is 2.44 bits per heavy atom. The van der Waals surface area contributed by atoms with Crippen LogP contribution in [0.1, 0.15) is 19.8 Å². The van der Waals surface area contributed by atoms with Gasteiger partial charge in [0.25, 0.3) is 0 Å². The predicted molar refractivity (Wildman–Crippen MR) is 32.8 cm³/mol. The van der Waals surface area contributed by atoms with Crippen LogP contribution in [-0.2, 0) is 4.79 Å². The molecule has 1 heterocycles. The van der Waals surface area contributed by atoms with Gasteiger partial charge in [-0.2, -0.15) is 0 Å². The third-order valence-electron chi connectivity index (χ3n) is 1.45. The molecule has 3 heteroatoms. The van der Waals surface area contributed by atoms with Crippen molar-refractivity contribution in [1.82, 2.24) is 5.32 Å². The lowest BCUT2D eigenvalue weighted by molar-refractivity contribution is -0.126. The Hall–Kier alpha value is -0.570. The Morgan fingerprint density at radius 3 is 2.89 bits per heavy atom. The smallest absolute Gasteiger partial charge is 0.222 e. The van der Waals surface area contributed by atoms with Crippen molar-refractivity contribution in [1.29, 1.82) is 0 Å². The average molecular weight is 129 g/mol. The summed E-state index contributed by atoms with van der Waals surface area (Å²) >= 11 is 0. The summed E-state index contributed by atoms with van der Waals surface area (Å²) in [7, 11) is 0. The number of carbonyl (C=O) groups is 1. The maximum Gasteiger partial charge on any atom is 0.222 e. The summed E-state index contributed by atoms with van der Waals surface area (Å²) in [5, 5.41) is 11.7. The van der Waals surface area contributed by atoms with E-state index in [1.807, 2.05) is 6.92 Å². The van der Waals surface area contributed by atoms with Crippen molar-refractivity contribution in [3.05, 3.63) is 0 Å². The van der Waals surface area contributed by atoms with Crippen molar-refractivity contribution in [2.45, 2.75) is 31.9 Å². The second kappa shape index (κ2) is 2.35. The van der Waals surface area contributed by atoms with Gasteiger partial charge in [0.2, 0.25) is 5.91 Å². The predicted octanol–water partition coefficient (Wildman–Crippen LogP) is -0.354. The highest BCUT2D eigenvalue weighted by Crippen LogP contribution is 2.07. The SMILES string of the molecule is C[C@H]1C[C@H](O)CC(=O)N1. The lowest BCUT2D eigenvalue weighted by Gasteiger charge is -2.23. The van der Waals surface area contributed by atoms with Crippen molar-refractivity contribution >= 4 is 5.91 Å². The van der Waals surface area contributed by atoms with Crippen LogP contribution in [0.4, 0.5) is 0 Å². The molecule has 1 amide bonds. The summed E-state index contributed by atoms with van der Waals surface area (Å²) in [5.74, 6) is -0.0405. The van der Waals surface area contributed by atoms with Crippen LogP contribution in [0.2, 0.25) is 0 Å². The Morgan fingerprint density at radius 1 is 1.78 bits per heavy atom. The van der Waals surface area contributed by atoms with E-state index in [0.717, 1.165) is 0 Å². The molecule has 2 atom stereocenters. The Labute approximate surface area is 54.1 Å². The third-order valence-corrected chi connectivity index (χ3v) is 1.45. The van der Waals surface area contributed by atoms with E-state index in [2.05, 4.69) is 5.32 Å². The fourth-order valence-corrected chi connectivity index (χ4v) is 1.10. The number of hydrogen-bond acceptors (Lipinski definition) is 2. The van der Waals surface area contributed by atoms with Crippen LogP contribution in [0.15, 0.2) is 0 Å².